The van der Waals surface area contributed by atoms with E-state index in [1.807, 2.05) is 0 Å². The lowest BCUT2D eigenvalue weighted by atomic mass is 10.1. The molecule has 0 spiro atoms. The minimum atomic E-state index is -0.878. The quantitative estimate of drug-likeness (QED) is 0.849. The molecular weight excluding hydrogens is 318 g/mol. The van der Waals surface area contributed by atoms with Crippen LogP contribution in [-0.2, 0) is 0 Å². The van der Waals surface area contributed by atoms with Crippen molar-refractivity contribution in [2.24, 2.45) is 0 Å². The molecular formula is C15H18ClN5O2. The number of carbonyl (C=O) groups is 1. The summed E-state index contributed by atoms with van der Waals surface area (Å²) in [5, 5.41) is 9.52. The van der Waals surface area contributed by atoms with E-state index >= 15 is 0 Å². The van der Waals surface area contributed by atoms with Gasteiger partial charge in [-0.25, -0.2) is 19.7 Å². The summed E-state index contributed by atoms with van der Waals surface area (Å²) in [7, 11) is 1.63. The highest BCUT2D eigenvalue weighted by molar-refractivity contribution is 6.29. The molecule has 1 aliphatic heterocycles. The molecule has 0 aliphatic carbocycles. The Labute approximate surface area is 138 Å². The molecule has 0 aromatic carbocycles. The molecule has 2 aromatic rings. The third-order valence-electron chi connectivity index (χ3n) is 4.23. The normalized spacial score (nSPS) is 18.7. The van der Waals surface area contributed by atoms with E-state index in [2.05, 4.69) is 19.9 Å². The lowest BCUT2D eigenvalue weighted by Crippen LogP contribution is -2.36. The molecule has 1 fully saturated rings. The van der Waals surface area contributed by atoms with Gasteiger partial charge in [0.25, 0.3) is 0 Å². The maximum Gasteiger partial charge on any atom is 0.407 e. The second kappa shape index (κ2) is 6.54. The molecule has 1 aliphatic rings. The highest BCUT2D eigenvalue weighted by atomic mass is 35.5. The van der Waals surface area contributed by atoms with Crippen LogP contribution in [0.4, 0.5) is 10.6 Å². The van der Waals surface area contributed by atoms with Gasteiger partial charge in [0.2, 0.25) is 0 Å². The smallest absolute Gasteiger partial charge is 0.407 e. The molecule has 1 atom stereocenters. The molecule has 7 nitrogen and oxygen atoms in total. The van der Waals surface area contributed by atoms with Crippen LogP contribution in [-0.4, -0.2) is 57.2 Å². The topological polar surface area (TPSA) is 82.5 Å². The van der Waals surface area contributed by atoms with E-state index in [0.29, 0.717) is 16.3 Å². The predicted octanol–water partition coefficient (Wildman–Crippen LogP) is 2.65. The number of nitrogens with zero attached hydrogens (tertiary/aromatic N) is 5. The highest BCUT2D eigenvalue weighted by Crippen LogP contribution is 2.21. The van der Waals surface area contributed by atoms with Crippen LogP contribution in [0, 0.1) is 0 Å². The van der Waals surface area contributed by atoms with Gasteiger partial charge in [-0.15, -0.1) is 0 Å². The first-order valence-corrected chi connectivity index (χ1v) is 7.92. The largest absolute Gasteiger partial charge is 0.465 e. The summed E-state index contributed by atoms with van der Waals surface area (Å²) >= 11 is 5.86. The highest BCUT2D eigenvalue weighted by Gasteiger charge is 2.23. The van der Waals surface area contributed by atoms with Gasteiger partial charge in [0, 0.05) is 26.2 Å². The Morgan fingerprint density at radius 2 is 2.17 bits per heavy atom. The van der Waals surface area contributed by atoms with Gasteiger partial charge in [-0.2, -0.15) is 0 Å². The first kappa shape index (κ1) is 15.7. The second-order valence-electron chi connectivity index (χ2n) is 5.67. The van der Waals surface area contributed by atoms with Crippen molar-refractivity contribution < 1.29 is 9.90 Å². The first-order valence-electron chi connectivity index (χ1n) is 7.54. The summed E-state index contributed by atoms with van der Waals surface area (Å²) in [6.07, 6.45) is 3.38. The van der Waals surface area contributed by atoms with Crippen molar-refractivity contribution in [1.82, 2.24) is 19.9 Å². The average molecular weight is 336 g/mol. The lowest BCUT2D eigenvalue weighted by molar-refractivity contribution is 0.135. The maximum atomic E-state index is 11.1. The fourth-order valence-corrected chi connectivity index (χ4v) is 3.02. The van der Waals surface area contributed by atoms with Gasteiger partial charge in [0.15, 0.2) is 5.65 Å². The number of aromatic nitrogens is 3. The number of halogens is 1. The molecule has 23 heavy (non-hydrogen) atoms. The van der Waals surface area contributed by atoms with Gasteiger partial charge in [-0.3, -0.25) is 0 Å². The number of hydrogen-bond acceptors (Lipinski definition) is 5. The molecule has 1 amide bonds. The molecule has 0 radical (unpaired) electrons. The molecule has 2 aromatic heterocycles. The Morgan fingerprint density at radius 3 is 2.96 bits per heavy atom. The van der Waals surface area contributed by atoms with Crippen molar-refractivity contribution >= 4 is 34.7 Å². The SMILES string of the molecule is CN(C(=O)O)[C@H]1CCCN(c2cnc3nc(Cl)ccc3n2)CC1. The van der Waals surface area contributed by atoms with Crippen LogP contribution in [0.25, 0.3) is 11.2 Å². The van der Waals surface area contributed by atoms with Gasteiger partial charge >= 0.3 is 6.09 Å². The predicted molar refractivity (Wildman–Crippen MR) is 88.0 cm³/mol. The van der Waals surface area contributed by atoms with Gasteiger partial charge in [-0.1, -0.05) is 11.6 Å². The van der Waals surface area contributed by atoms with Crippen molar-refractivity contribution in [3.63, 3.8) is 0 Å². The zero-order valence-corrected chi connectivity index (χ0v) is 13.6. The van der Waals surface area contributed by atoms with Crippen molar-refractivity contribution in [2.45, 2.75) is 25.3 Å². The summed E-state index contributed by atoms with van der Waals surface area (Å²) in [6, 6.07) is 3.55. The minimum absolute atomic E-state index is 0.0476. The fourth-order valence-electron chi connectivity index (χ4n) is 2.88. The number of hydrogen-bond donors (Lipinski definition) is 1. The third kappa shape index (κ3) is 3.44. The van der Waals surface area contributed by atoms with Crippen LogP contribution in [0.1, 0.15) is 19.3 Å². The van der Waals surface area contributed by atoms with E-state index < -0.39 is 6.09 Å². The third-order valence-corrected chi connectivity index (χ3v) is 4.44. The maximum absolute atomic E-state index is 11.1. The summed E-state index contributed by atoms with van der Waals surface area (Å²) < 4.78 is 0. The molecule has 0 bridgehead atoms. The Kier molecular flexibility index (Phi) is 4.47. The van der Waals surface area contributed by atoms with Crippen molar-refractivity contribution in [2.75, 3.05) is 25.0 Å². The van der Waals surface area contributed by atoms with Crippen molar-refractivity contribution in [3.05, 3.63) is 23.5 Å². The molecule has 122 valence electrons. The second-order valence-corrected chi connectivity index (χ2v) is 6.06. The molecule has 8 heteroatoms. The van der Waals surface area contributed by atoms with E-state index in [1.54, 1.807) is 25.4 Å². The zero-order chi connectivity index (χ0) is 16.4. The van der Waals surface area contributed by atoms with Crippen LogP contribution in [0.15, 0.2) is 18.3 Å². The monoisotopic (exact) mass is 335 g/mol. The number of carboxylic acid groups (broad SMARTS) is 1. The van der Waals surface area contributed by atoms with E-state index in [1.165, 1.54) is 4.90 Å². The average Bonchev–Trinajstić information content (AvgIpc) is 2.79. The standard InChI is InChI=1S/C15H18ClN5O2/c1-20(15(22)23)10-3-2-7-21(8-6-10)13-9-17-14-11(18-13)4-5-12(16)19-14/h4-5,9-10H,2-3,6-8H2,1H3,(H,22,23)/t10-/m0/s1. The van der Waals surface area contributed by atoms with Gasteiger partial charge in [-0.05, 0) is 31.4 Å². The van der Waals surface area contributed by atoms with Crippen LogP contribution in [0.3, 0.4) is 0 Å². The Bertz CT molecular complexity index is 726. The summed E-state index contributed by atoms with van der Waals surface area (Å²) in [5.74, 6) is 0.792. The summed E-state index contributed by atoms with van der Waals surface area (Å²) in [4.78, 5) is 27.7. The molecule has 0 saturated carbocycles. The summed E-state index contributed by atoms with van der Waals surface area (Å²) in [6.45, 7) is 1.59. The minimum Gasteiger partial charge on any atom is -0.465 e. The number of amides is 1. The van der Waals surface area contributed by atoms with Crippen LogP contribution >= 0.6 is 11.6 Å². The van der Waals surface area contributed by atoms with Gasteiger partial charge < -0.3 is 14.9 Å². The Hall–Kier alpha value is -2.15. The van der Waals surface area contributed by atoms with Crippen LogP contribution in [0.5, 0.6) is 0 Å². The fraction of sp³-hybridized carbons (Fsp3) is 0.467. The van der Waals surface area contributed by atoms with Crippen molar-refractivity contribution in [3.8, 4) is 0 Å². The zero-order valence-electron chi connectivity index (χ0n) is 12.8. The number of anilines is 1. The van der Waals surface area contributed by atoms with Crippen molar-refractivity contribution in [1.29, 1.82) is 0 Å². The molecule has 1 N–H and O–H groups in total. The van der Waals surface area contributed by atoms with Crippen LogP contribution in [0.2, 0.25) is 5.15 Å². The van der Waals surface area contributed by atoms with E-state index in [4.69, 9.17) is 16.7 Å². The summed E-state index contributed by atoms with van der Waals surface area (Å²) in [5.41, 5.74) is 1.23. The van der Waals surface area contributed by atoms with E-state index in [-0.39, 0.29) is 6.04 Å². The first-order chi connectivity index (χ1) is 11.0. The lowest BCUT2D eigenvalue weighted by Gasteiger charge is -2.25. The van der Waals surface area contributed by atoms with E-state index in [0.717, 1.165) is 38.2 Å². The molecule has 3 rings (SSSR count). The number of rotatable bonds is 2. The number of pyridine rings is 1. The molecule has 0 unspecified atom stereocenters. The van der Waals surface area contributed by atoms with Gasteiger partial charge in [0.1, 0.15) is 16.5 Å². The number of fused-ring (bicyclic) bond motifs is 1. The van der Waals surface area contributed by atoms with Crippen LogP contribution < -0.4 is 4.90 Å². The molecule has 1 saturated heterocycles. The van der Waals surface area contributed by atoms with E-state index in [9.17, 15) is 4.79 Å². The Morgan fingerprint density at radius 1 is 1.35 bits per heavy atom. The Balaban J connectivity index is 1.77. The molecule has 3 heterocycles. The van der Waals surface area contributed by atoms with Gasteiger partial charge in [0.05, 0.1) is 6.20 Å².